The topological polar surface area (TPSA) is 73.3 Å². The minimum atomic E-state index is -0.442. The summed E-state index contributed by atoms with van der Waals surface area (Å²) in [6.07, 6.45) is 0. The Morgan fingerprint density at radius 1 is 1.00 bits per heavy atom. The first kappa shape index (κ1) is 22.0. The van der Waals surface area contributed by atoms with Gasteiger partial charge in [-0.05, 0) is 36.8 Å². The van der Waals surface area contributed by atoms with E-state index in [-0.39, 0.29) is 12.2 Å². The minimum absolute atomic E-state index is 0.0743. The summed E-state index contributed by atoms with van der Waals surface area (Å²) < 4.78 is 19.1. The maximum Gasteiger partial charge on any atom is 0.282 e. The van der Waals surface area contributed by atoms with Crippen LogP contribution in [0.5, 0.6) is 5.75 Å². The van der Waals surface area contributed by atoms with Crippen molar-refractivity contribution in [2.75, 3.05) is 50.8 Å². The summed E-state index contributed by atoms with van der Waals surface area (Å²) in [6, 6.07) is 12.5. The lowest BCUT2D eigenvalue weighted by Gasteiger charge is -2.36. The number of hydrogen-bond donors (Lipinski definition) is 1. The molecule has 1 fully saturated rings. The van der Waals surface area contributed by atoms with Gasteiger partial charge in [-0.2, -0.15) is 0 Å². The van der Waals surface area contributed by atoms with Crippen molar-refractivity contribution in [1.29, 1.82) is 0 Å². The molecule has 7 nitrogen and oxygen atoms in total. The molecule has 32 heavy (non-hydrogen) atoms. The van der Waals surface area contributed by atoms with Crippen molar-refractivity contribution in [3.05, 3.63) is 65.6 Å². The highest BCUT2D eigenvalue weighted by Crippen LogP contribution is 2.36. The number of imide groups is 1. The van der Waals surface area contributed by atoms with Crippen LogP contribution in [0.4, 0.5) is 10.1 Å². The monoisotopic (exact) mass is 439 g/mol. The van der Waals surface area contributed by atoms with Crippen molar-refractivity contribution in [2.24, 2.45) is 0 Å². The second kappa shape index (κ2) is 9.50. The third-order valence-corrected chi connectivity index (χ3v) is 5.68. The zero-order valence-electron chi connectivity index (χ0n) is 18.0. The second-order valence-electron chi connectivity index (χ2n) is 7.66. The van der Waals surface area contributed by atoms with Gasteiger partial charge in [0.15, 0.2) is 0 Å². The third kappa shape index (κ3) is 4.24. The highest BCUT2D eigenvalue weighted by Gasteiger charge is 2.43. The van der Waals surface area contributed by atoms with Crippen molar-refractivity contribution in [3.8, 4) is 5.75 Å². The molecule has 168 valence electrons. The molecule has 0 aliphatic carbocycles. The average molecular weight is 439 g/mol. The normalized spacial score (nSPS) is 17.5. The number of rotatable bonds is 7. The van der Waals surface area contributed by atoms with Crippen LogP contribution in [0.15, 0.2) is 54.2 Å². The molecule has 0 aromatic heterocycles. The van der Waals surface area contributed by atoms with Gasteiger partial charge in [-0.25, -0.2) is 9.29 Å². The van der Waals surface area contributed by atoms with Crippen LogP contribution in [0.25, 0.3) is 5.57 Å². The van der Waals surface area contributed by atoms with E-state index in [0.717, 1.165) is 4.90 Å². The van der Waals surface area contributed by atoms with Crippen molar-refractivity contribution >= 4 is 23.1 Å². The van der Waals surface area contributed by atoms with Gasteiger partial charge in [0, 0.05) is 38.8 Å². The number of β-amino-alcohol motifs (C(OH)–C–C–N with tert-alkyl or cyclic N) is 1. The predicted octanol–water partition coefficient (Wildman–Crippen LogP) is 2.12. The summed E-state index contributed by atoms with van der Waals surface area (Å²) >= 11 is 0. The second-order valence-corrected chi connectivity index (χ2v) is 7.66. The van der Waals surface area contributed by atoms with Gasteiger partial charge in [-0.1, -0.05) is 18.2 Å². The Kier molecular flexibility index (Phi) is 6.53. The quantitative estimate of drug-likeness (QED) is 0.667. The smallest absolute Gasteiger partial charge is 0.282 e. The number of benzene rings is 2. The van der Waals surface area contributed by atoms with Crippen LogP contribution >= 0.6 is 0 Å². The molecule has 2 aliphatic heterocycles. The number of piperazine rings is 1. The minimum Gasteiger partial charge on any atom is -0.494 e. The highest BCUT2D eigenvalue weighted by molar-refractivity contribution is 6.45. The van der Waals surface area contributed by atoms with Crippen molar-refractivity contribution < 1.29 is 23.8 Å². The number of anilines is 1. The Bertz CT molecular complexity index is 1030. The molecule has 0 saturated carbocycles. The van der Waals surface area contributed by atoms with Crippen LogP contribution < -0.4 is 9.64 Å². The lowest BCUT2D eigenvalue weighted by molar-refractivity contribution is -0.120. The number of amides is 2. The van der Waals surface area contributed by atoms with Gasteiger partial charge in [0.25, 0.3) is 11.8 Å². The number of aliphatic hydroxyl groups is 1. The molecule has 4 rings (SSSR count). The van der Waals surface area contributed by atoms with Crippen molar-refractivity contribution in [1.82, 2.24) is 9.80 Å². The van der Waals surface area contributed by atoms with E-state index in [9.17, 15) is 19.1 Å². The van der Waals surface area contributed by atoms with E-state index in [1.165, 1.54) is 24.3 Å². The fraction of sp³-hybridized carbons (Fsp3) is 0.333. The molecule has 2 heterocycles. The number of halogens is 1. The number of carbonyl (C=O) groups excluding carboxylic acids is 2. The molecule has 2 aliphatic rings. The molecule has 1 saturated heterocycles. The summed E-state index contributed by atoms with van der Waals surface area (Å²) in [6.45, 7) is 5.41. The van der Waals surface area contributed by atoms with E-state index in [0.29, 0.717) is 62.0 Å². The Hall–Kier alpha value is -3.23. The Balaban J connectivity index is 1.72. The number of ether oxygens (including phenoxy) is 1. The van der Waals surface area contributed by atoms with Crippen LogP contribution in [-0.2, 0) is 9.59 Å². The summed E-state index contributed by atoms with van der Waals surface area (Å²) in [5, 5.41) is 9.20. The van der Waals surface area contributed by atoms with E-state index >= 15 is 0 Å². The first-order valence-corrected chi connectivity index (χ1v) is 10.7. The molecule has 2 amide bonds. The van der Waals surface area contributed by atoms with E-state index < -0.39 is 17.6 Å². The fourth-order valence-corrected chi connectivity index (χ4v) is 4.14. The van der Waals surface area contributed by atoms with E-state index in [1.807, 2.05) is 11.8 Å². The largest absolute Gasteiger partial charge is 0.494 e. The van der Waals surface area contributed by atoms with E-state index in [2.05, 4.69) is 4.90 Å². The molecule has 0 unspecified atom stereocenters. The Morgan fingerprint density at radius 2 is 1.72 bits per heavy atom. The van der Waals surface area contributed by atoms with E-state index in [4.69, 9.17) is 4.74 Å². The standard InChI is InChI=1S/C24H26FN3O4/c1-2-32-20-5-3-4-19(16-20)28-23(30)21(17-6-8-18(25)9-7-17)22(24(28)31)27-12-10-26(11-13-27)14-15-29/h3-9,16,29H,2,10-15H2,1H3. The molecule has 0 radical (unpaired) electrons. The maximum absolute atomic E-state index is 13.6. The molecule has 8 heteroatoms. The summed E-state index contributed by atoms with van der Waals surface area (Å²) in [5.41, 5.74) is 1.53. The summed E-state index contributed by atoms with van der Waals surface area (Å²) in [4.78, 5) is 32.3. The summed E-state index contributed by atoms with van der Waals surface area (Å²) in [5.74, 6) is -0.687. The van der Waals surface area contributed by atoms with Gasteiger partial charge in [0.2, 0.25) is 0 Å². The van der Waals surface area contributed by atoms with Crippen LogP contribution in [0, 0.1) is 5.82 Å². The van der Waals surface area contributed by atoms with Crippen LogP contribution in [0.3, 0.4) is 0 Å². The van der Waals surface area contributed by atoms with Crippen molar-refractivity contribution in [2.45, 2.75) is 6.92 Å². The zero-order valence-corrected chi connectivity index (χ0v) is 18.0. The number of hydrogen-bond acceptors (Lipinski definition) is 6. The first-order valence-electron chi connectivity index (χ1n) is 10.7. The molecule has 2 aromatic carbocycles. The first-order chi connectivity index (χ1) is 15.5. The van der Waals surface area contributed by atoms with Gasteiger partial charge >= 0.3 is 0 Å². The van der Waals surface area contributed by atoms with Crippen LogP contribution in [0.2, 0.25) is 0 Å². The van der Waals surface area contributed by atoms with Crippen molar-refractivity contribution in [3.63, 3.8) is 0 Å². The fourth-order valence-electron chi connectivity index (χ4n) is 4.14. The number of carbonyl (C=O) groups is 2. The van der Waals surface area contributed by atoms with Gasteiger partial charge in [-0.15, -0.1) is 0 Å². The Labute approximate surface area is 186 Å². The predicted molar refractivity (Wildman–Crippen MR) is 119 cm³/mol. The molecule has 2 aromatic rings. The number of aliphatic hydroxyl groups excluding tert-OH is 1. The molecule has 1 N–H and O–H groups in total. The average Bonchev–Trinajstić information content (AvgIpc) is 3.05. The zero-order chi connectivity index (χ0) is 22.7. The Morgan fingerprint density at radius 3 is 2.38 bits per heavy atom. The molecule has 0 atom stereocenters. The molecular formula is C24H26FN3O4. The van der Waals surface area contributed by atoms with Gasteiger partial charge in [0.1, 0.15) is 17.3 Å². The highest BCUT2D eigenvalue weighted by atomic mass is 19.1. The molecular weight excluding hydrogens is 413 g/mol. The van der Waals surface area contributed by atoms with Gasteiger partial charge < -0.3 is 14.7 Å². The van der Waals surface area contributed by atoms with Crippen LogP contribution in [-0.4, -0.2) is 72.7 Å². The summed E-state index contributed by atoms with van der Waals surface area (Å²) in [7, 11) is 0. The molecule has 0 bridgehead atoms. The lowest BCUT2D eigenvalue weighted by atomic mass is 10.0. The van der Waals surface area contributed by atoms with Gasteiger partial charge in [0.05, 0.1) is 24.5 Å². The number of nitrogens with zero attached hydrogens (tertiary/aromatic N) is 3. The van der Waals surface area contributed by atoms with Gasteiger partial charge in [-0.3, -0.25) is 14.5 Å². The molecule has 0 spiro atoms. The van der Waals surface area contributed by atoms with E-state index in [1.54, 1.807) is 24.3 Å². The SMILES string of the molecule is CCOc1cccc(N2C(=O)C(c3ccc(F)cc3)=C(N3CCN(CCO)CC3)C2=O)c1. The lowest BCUT2D eigenvalue weighted by Crippen LogP contribution is -2.48. The third-order valence-electron chi connectivity index (χ3n) is 5.68. The van der Waals surface area contributed by atoms with Crippen LogP contribution in [0.1, 0.15) is 12.5 Å². The maximum atomic E-state index is 13.6.